The Morgan fingerprint density at radius 1 is 1.19 bits per heavy atom. The molecule has 150 valence electrons. The van der Waals surface area contributed by atoms with Crippen LogP contribution in [0.25, 0.3) is 0 Å². The largest absolute Gasteiger partial charge is 0.381 e. The fourth-order valence-corrected chi connectivity index (χ4v) is 4.15. The first kappa shape index (κ1) is 20.7. The maximum absolute atomic E-state index is 12.4. The van der Waals surface area contributed by atoms with Crippen molar-refractivity contribution in [1.82, 2.24) is 10.2 Å². The Hall–Kier alpha value is -1.00. The van der Waals surface area contributed by atoms with E-state index in [1.54, 1.807) is 24.3 Å². The van der Waals surface area contributed by atoms with Gasteiger partial charge in [-0.15, -0.1) is 0 Å². The lowest BCUT2D eigenvalue weighted by molar-refractivity contribution is 0.00255. The number of hydrogen-bond acceptors (Lipinski definition) is 5. The van der Waals surface area contributed by atoms with Crippen molar-refractivity contribution in [1.29, 1.82) is 0 Å². The van der Waals surface area contributed by atoms with Crippen LogP contribution in [-0.2, 0) is 9.47 Å². The summed E-state index contributed by atoms with van der Waals surface area (Å²) in [6.45, 7) is 5.70. The quantitative estimate of drug-likeness (QED) is 0.522. The van der Waals surface area contributed by atoms with Crippen LogP contribution in [-0.4, -0.2) is 67.9 Å². The van der Waals surface area contributed by atoms with Crippen molar-refractivity contribution in [3.8, 4) is 0 Å². The van der Waals surface area contributed by atoms with Crippen molar-refractivity contribution in [2.24, 2.45) is 5.92 Å². The molecule has 2 heterocycles. The number of ether oxygens (including phenoxy) is 2. The van der Waals surface area contributed by atoms with E-state index in [2.05, 4.69) is 15.5 Å². The van der Waals surface area contributed by atoms with Crippen LogP contribution in [0, 0.1) is 5.92 Å². The SMILES string of the molecule is FC(F)Sc1ccc(NC(=S)NC[C@@H]([C@@H]2CCOC2)N2CCOCC2)cc1. The van der Waals surface area contributed by atoms with E-state index in [-0.39, 0.29) is 0 Å². The van der Waals surface area contributed by atoms with Crippen LogP contribution in [0.1, 0.15) is 6.42 Å². The molecule has 0 spiro atoms. The van der Waals surface area contributed by atoms with Gasteiger partial charge in [0.25, 0.3) is 5.76 Å². The number of benzene rings is 1. The predicted octanol–water partition coefficient (Wildman–Crippen LogP) is 3.03. The molecular weight excluding hydrogens is 392 g/mol. The zero-order chi connectivity index (χ0) is 19.1. The molecule has 2 aliphatic rings. The summed E-state index contributed by atoms with van der Waals surface area (Å²) in [5.41, 5.74) is 0.776. The molecule has 9 heteroatoms. The van der Waals surface area contributed by atoms with Crippen molar-refractivity contribution in [2.45, 2.75) is 23.1 Å². The van der Waals surface area contributed by atoms with E-state index < -0.39 is 5.76 Å². The molecule has 0 aromatic heterocycles. The molecule has 1 aromatic carbocycles. The fraction of sp³-hybridized carbons (Fsp3) is 0.611. The van der Waals surface area contributed by atoms with E-state index in [4.69, 9.17) is 21.7 Å². The maximum atomic E-state index is 12.4. The minimum absolute atomic E-state index is 0.348. The molecule has 2 atom stereocenters. The van der Waals surface area contributed by atoms with Crippen LogP contribution in [0.2, 0.25) is 0 Å². The van der Waals surface area contributed by atoms with E-state index in [9.17, 15) is 8.78 Å². The van der Waals surface area contributed by atoms with Gasteiger partial charge in [0.05, 0.1) is 19.8 Å². The minimum atomic E-state index is -2.41. The average Bonchev–Trinajstić information content (AvgIpc) is 3.18. The van der Waals surface area contributed by atoms with Gasteiger partial charge in [-0.2, -0.15) is 8.78 Å². The molecule has 27 heavy (non-hydrogen) atoms. The van der Waals surface area contributed by atoms with Crippen molar-refractivity contribution < 1.29 is 18.3 Å². The number of nitrogens with one attached hydrogen (secondary N) is 2. The van der Waals surface area contributed by atoms with E-state index in [0.717, 1.165) is 58.2 Å². The fourth-order valence-electron chi connectivity index (χ4n) is 3.45. The van der Waals surface area contributed by atoms with Crippen LogP contribution >= 0.6 is 24.0 Å². The summed E-state index contributed by atoms with van der Waals surface area (Å²) in [4.78, 5) is 2.98. The number of morpholine rings is 1. The van der Waals surface area contributed by atoms with Crippen molar-refractivity contribution >= 4 is 34.8 Å². The Labute approximate surface area is 168 Å². The molecule has 2 N–H and O–H groups in total. The Kier molecular flexibility index (Phi) is 8.07. The lowest BCUT2D eigenvalue weighted by Gasteiger charge is -2.37. The summed E-state index contributed by atoms with van der Waals surface area (Å²) in [5.74, 6) is -1.92. The van der Waals surface area contributed by atoms with Gasteiger partial charge in [-0.25, -0.2) is 0 Å². The molecule has 1 aromatic rings. The highest BCUT2D eigenvalue weighted by molar-refractivity contribution is 7.99. The van der Waals surface area contributed by atoms with E-state index in [1.165, 1.54) is 0 Å². The number of nitrogens with zero attached hydrogens (tertiary/aromatic N) is 1. The maximum Gasteiger partial charge on any atom is 0.288 e. The second-order valence-electron chi connectivity index (χ2n) is 6.58. The van der Waals surface area contributed by atoms with Gasteiger partial charge in [-0.05, 0) is 42.9 Å². The number of rotatable bonds is 7. The van der Waals surface area contributed by atoms with Gasteiger partial charge in [0.2, 0.25) is 0 Å². The topological polar surface area (TPSA) is 45.8 Å². The summed E-state index contributed by atoms with van der Waals surface area (Å²) >= 11 is 5.94. The third kappa shape index (κ3) is 6.53. The monoisotopic (exact) mass is 417 g/mol. The molecule has 2 fully saturated rings. The number of thioether (sulfide) groups is 1. The highest BCUT2D eigenvalue weighted by Gasteiger charge is 2.31. The Bertz CT molecular complexity index is 595. The molecular formula is C18H25F2N3O2S2. The van der Waals surface area contributed by atoms with Crippen LogP contribution in [0.5, 0.6) is 0 Å². The Morgan fingerprint density at radius 2 is 1.93 bits per heavy atom. The minimum Gasteiger partial charge on any atom is -0.381 e. The smallest absolute Gasteiger partial charge is 0.288 e. The summed E-state index contributed by atoms with van der Waals surface area (Å²) in [7, 11) is 0. The predicted molar refractivity (Wildman–Crippen MR) is 108 cm³/mol. The van der Waals surface area contributed by atoms with E-state index >= 15 is 0 Å². The number of halogens is 2. The molecule has 0 amide bonds. The first-order chi connectivity index (χ1) is 13.1. The normalized spacial score (nSPS) is 22.0. The van der Waals surface area contributed by atoms with Crippen LogP contribution in [0.4, 0.5) is 14.5 Å². The van der Waals surface area contributed by atoms with Gasteiger partial charge in [-0.3, -0.25) is 4.90 Å². The molecule has 2 saturated heterocycles. The van der Waals surface area contributed by atoms with Crippen molar-refractivity contribution in [2.75, 3.05) is 51.4 Å². The molecule has 0 bridgehead atoms. The highest BCUT2D eigenvalue weighted by Crippen LogP contribution is 2.26. The number of hydrogen-bond donors (Lipinski definition) is 2. The van der Waals surface area contributed by atoms with Crippen molar-refractivity contribution in [3.63, 3.8) is 0 Å². The van der Waals surface area contributed by atoms with Gasteiger partial charge < -0.3 is 20.1 Å². The lowest BCUT2D eigenvalue weighted by Crippen LogP contribution is -2.52. The average molecular weight is 418 g/mol. The van der Waals surface area contributed by atoms with Gasteiger partial charge in [0, 0.05) is 48.8 Å². The first-order valence-corrected chi connectivity index (χ1v) is 10.4. The highest BCUT2D eigenvalue weighted by atomic mass is 32.2. The third-order valence-electron chi connectivity index (χ3n) is 4.83. The number of thiocarbonyl (C=S) groups is 1. The zero-order valence-electron chi connectivity index (χ0n) is 15.0. The number of anilines is 1. The zero-order valence-corrected chi connectivity index (χ0v) is 16.7. The Morgan fingerprint density at radius 3 is 2.56 bits per heavy atom. The summed E-state index contributed by atoms with van der Waals surface area (Å²) < 4.78 is 35.8. The first-order valence-electron chi connectivity index (χ1n) is 9.11. The number of alkyl halides is 2. The standard InChI is InChI=1S/C18H25F2N3O2S2/c19-17(20)27-15-3-1-14(2-4-15)22-18(26)21-11-16(13-5-8-25-12-13)23-6-9-24-10-7-23/h1-4,13,16-17H,5-12H2,(H2,21,22,26)/t13-,16+/m1/s1. The Balaban J connectivity index is 1.50. The molecule has 0 saturated carbocycles. The second-order valence-corrected chi connectivity index (χ2v) is 8.05. The van der Waals surface area contributed by atoms with Gasteiger partial charge in [-0.1, -0.05) is 11.8 Å². The molecule has 0 aliphatic carbocycles. The molecule has 5 nitrogen and oxygen atoms in total. The molecule has 3 rings (SSSR count). The molecule has 0 radical (unpaired) electrons. The third-order valence-corrected chi connectivity index (χ3v) is 5.80. The second kappa shape index (κ2) is 10.5. The molecule has 0 unspecified atom stereocenters. The summed E-state index contributed by atoms with van der Waals surface area (Å²) in [6.07, 6.45) is 1.06. The van der Waals surface area contributed by atoms with Crippen LogP contribution in [0.3, 0.4) is 0 Å². The van der Waals surface area contributed by atoms with E-state index in [0.29, 0.717) is 33.7 Å². The lowest BCUT2D eigenvalue weighted by atomic mass is 9.97. The van der Waals surface area contributed by atoms with Crippen molar-refractivity contribution in [3.05, 3.63) is 24.3 Å². The van der Waals surface area contributed by atoms with Crippen LogP contribution in [0.15, 0.2) is 29.2 Å². The van der Waals surface area contributed by atoms with Gasteiger partial charge in [0.15, 0.2) is 5.11 Å². The summed E-state index contributed by atoms with van der Waals surface area (Å²) in [6, 6.07) is 7.18. The summed E-state index contributed by atoms with van der Waals surface area (Å²) in [5, 5.41) is 6.96. The molecule has 2 aliphatic heterocycles. The van der Waals surface area contributed by atoms with Gasteiger partial charge in [0.1, 0.15) is 0 Å². The van der Waals surface area contributed by atoms with Crippen LogP contribution < -0.4 is 10.6 Å². The van der Waals surface area contributed by atoms with E-state index in [1.807, 2.05) is 0 Å². The van der Waals surface area contributed by atoms with Gasteiger partial charge >= 0.3 is 0 Å².